The Morgan fingerprint density at radius 1 is 1.32 bits per heavy atom. The first-order valence-corrected chi connectivity index (χ1v) is 8.97. The summed E-state index contributed by atoms with van der Waals surface area (Å²) in [5, 5.41) is 3.70. The van der Waals surface area contributed by atoms with Crippen LogP contribution >= 0.6 is 15.9 Å². The van der Waals surface area contributed by atoms with Crippen LogP contribution in [0.1, 0.15) is 6.42 Å². The second-order valence-electron chi connectivity index (χ2n) is 4.81. The Balaban J connectivity index is 1.76. The number of carbonyl (C=O) groups excluding carboxylic acids is 2. The third-order valence-corrected chi connectivity index (χ3v) is 5.10. The maximum absolute atomic E-state index is 11.7. The maximum atomic E-state index is 11.7. The van der Waals surface area contributed by atoms with Crippen LogP contribution in [0.2, 0.25) is 0 Å². The van der Waals surface area contributed by atoms with Crippen LogP contribution in [0.15, 0.2) is 40.2 Å². The maximum Gasteiger partial charge on any atom is 0.306 e. The highest BCUT2D eigenvalue weighted by Gasteiger charge is 2.24. The van der Waals surface area contributed by atoms with E-state index in [1.165, 1.54) is 6.08 Å². The van der Waals surface area contributed by atoms with E-state index in [2.05, 4.69) is 21.2 Å². The molecule has 1 aromatic rings. The van der Waals surface area contributed by atoms with Crippen LogP contribution < -0.4 is 5.32 Å². The van der Waals surface area contributed by atoms with Gasteiger partial charge in [0.25, 0.3) is 5.91 Å². The molecule has 1 unspecified atom stereocenters. The molecule has 0 aliphatic carbocycles. The number of sulfone groups is 1. The van der Waals surface area contributed by atoms with Gasteiger partial charge in [0.15, 0.2) is 16.4 Å². The molecule has 118 valence electrons. The van der Waals surface area contributed by atoms with Crippen molar-refractivity contribution in [3.63, 3.8) is 0 Å². The van der Waals surface area contributed by atoms with Gasteiger partial charge in [0.05, 0.1) is 17.9 Å². The van der Waals surface area contributed by atoms with Crippen molar-refractivity contribution in [2.75, 3.05) is 17.7 Å². The standard InChI is InChI=1S/C14H14BrNO5S/c15-11-3-1-2-4-12(11)16-13(17)8-21-14(18)7-10-5-6-22(19,20)9-10/h1-6,10H,7-9H2,(H,16,17). The van der Waals surface area contributed by atoms with Crippen LogP contribution in [0.4, 0.5) is 5.69 Å². The molecule has 1 aliphatic heterocycles. The largest absolute Gasteiger partial charge is 0.456 e. The highest BCUT2D eigenvalue weighted by Crippen LogP contribution is 2.21. The van der Waals surface area contributed by atoms with E-state index in [0.29, 0.717) is 5.69 Å². The second kappa shape index (κ2) is 7.06. The second-order valence-corrected chi connectivity index (χ2v) is 7.60. The van der Waals surface area contributed by atoms with Crippen molar-refractivity contribution in [2.24, 2.45) is 5.92 Å². The van der Waals surface area contributed by atoms with Gasteiger partial charge in [-0.1, -0.05) is 18.2 Å². The van der Waals surface area contributed by atoms with Crippen molar-refractivity contribution in [3.05, 3.63) is 40.2 Å². The summed E-state index contributed by atoms with van der Waals surface area (Å²) in [6, 6.07) is 7.05. The normalized spacial score (nSPS) is 18.9. The summed E-state index contributed by atoms with van der Waals surface area (Å²) in [6.45, 7) is -0.413. The van der Waals surface area contributed by atoms with Gasteiger partial charge in [-0.05, 0) is 28.1 Å². The molecule has 6 nitrogen and oxygen atoms in total. The van der Waals surface area contributed by atoms with Gasteiger partial charge in [-0.25, -0.2) is 8.42 Å². The van der Waals surface area contributed by atoms with E-state index >= 15 is 0 Å². The fourth-order valence-electron chi connectivity index (χ4n) is 1.94. The zero-order chi connectivity index (χ0) is 16.2. The molecule has 22 heavy (non-hydrogen) atoms. The molecule has 0 spiro atoms. The lowest BCUT2D eigenvalue weighted by atomic mass is 10.1. The van der Waals surface area contributed by atoms with Crippen LogP contribution in [0.25, 0.3) is 0 Å². The summed E-state index contributed by atoms with van der Waals surface area (Å²) in [5.74, 6) is -1.54. The van der Waals surface area contributed by atoms with Gasteiger partial charge in [-0.2, -0.15) is 0 Å². The average molecular weight is 388 g/mol. The molecule has 0 saturated heterocycles. The summed E-state index contributed by atoms with van der Waals surface area (Å²) >= 11 is 3.29. The molecule has 0 bridgehead atoms. The number of allylic oxidation sites excluding steroid dienone is 1. The molecule has 0 saturated carbocycles. The van der Waals surface area contributed by atoms with Crippen molar-refractivity contribution >= 4 is 43.3 Å². The lowest BCUT2D eigenvalue weighted by Crippen LogP contribution is -2.22. The van der Waals surface area contributed by atoms with Crippen LogP contribution in [-0.4, -0.2) is 32.7 Å². The molecule has 0 radical (unpaired) electrons. The minimum atomic E-state index is -3.19. The Bertz CT molecular complexity index is 714. The Hall–Kier alpha value is -1.67. The number of carbonyl (C=O) groups is 2. The van der Waals surface area contributed by atoms with Crippen LogP contribution in [0.5, 0.6) is 0 Å². The molecule has 2 rings (SSSR count). The molecule has 0 fully saturated rings. The summed E-state index contributed by atoms with van der Waals surface area (Å²) in [6.07, 6.45) is 1.41. The first-order chi connectivity index (χ1) is 10.4. The van der Waals surface area contributed by atoms with Crippen LogP contribution in [-0.2, 0) is 24.2 Å². The monoisotopic (exact) mass is 387 g/mol. The number of benzene rings is 1. The van der Waals surface area contributed by atoms with Gasteiger partial charge >= 0.3 is 5.97 Å². The number of anilines is 1. The molecule has 0 aromatic heterocycles. The van der Waals surface area contributed by atoms with E-state index in [0.717, 1.165) is 9.88 Å². The van der Waals surface area contributed by atoms with E-state index in [1.54, 1.807) is 18.2 Å². The fraction of sp³-hybridized carbons (Fsp3) is 0.286. The Kier molecular flexibility index (Phi) is 5.36. The van der Waals surface area contributed by atoms with Gasteiger partial charge in [0.1, 0.15) is 0 Å². The van der Waals surface area contributed by atoms with Crippen LogP contribution in [0, 0.1) is 5.92 Å². The average Bonchev–Trinajstić information content (AvgIpc) is 2.78. The Morgan fingerprint density at radius 3 is 2.68 bits per heavy atom. The summed E-state index contributed by atoms with van der Waals surface area (Å²) in [7, 11) is -3.19. The highest BCUT2D eigenvalue weighted by molar-refractivity contribution is 9.10. The lowest BCUT2D eigenvalue weighted by molar-refractivity contribution is -0.147. The third kappa shape index (κ3) is 4.96. The Morgan fingerprint density at radius 2 is 2.05 bits per heavy atom. The third-order valence-electron chi connectivity index (χ3n) is 2.95. The predicted octanol–water partition coefficient (Wildman–Crippen LogP) is 1.88. The lowest BCUT2D eigenvalue weighted by Gasteiger charge is -2.09. The number of esters is 1. The molecule has 8 heteroatoms. The van der Waals surface area contributed by atoms with Crippen molar-refractivity contribution in [1.82, 2.24) is 0 Å². The number of rotatable bonds is 5. The first kappa shape index (κ1) is 16.7. The van der Waals surface area contributed by atoms with E-state index in [4.69, 9.17) is 4.74 Å². The number of hydrogen-bond donors (Lipinski definition) is 1. The molecule has 1 aromatic carbocycles. The van der Waals surface area contributed by atoms with Crippen molar-refractivity contribution in [2.45, 2.75) is 6.42 Å². The molecular formula is C14H14BrNO5S. The minimum absolute atomic E-state index is 0.0575. The summed E-state index contributed by atoms with van der Waals surface area (Å²) in [5.41, 5.74) is 0.577. The van der Waals surface area contributed by atoms with E-state index < -0.39 is 28.3 Å². The summed E-state index contributed by atoms with van der Waals surface area (Å²) < 4.78 is 28.0. The van der Waals surface area contributed by atoms with E-state index in [9.17, 15) is 18.0 Å². The molecule has 1 N–H and O–H groups in total. The number of nitrogens with one attached hydrogen (secondary N) is 1. The van der Waals surface area contributed by atoms with Crippen molar-refractivity contribution < 1.29 is 22.7 Å². The van der Waals surface area contributed by atoms with Gasteiger partial charge < -0.3 is 10.1 Å². The molecule has 1 atom stereocenters. The smallest absolute Gasteiger partial charge is 0.306 e. The zero-order valence-corrected chi connectivity index (χ0v) is 13.9. The SMILES string of the molecule is O=C(COC(=O)CC1C=CS(=O)(=O)C1)Nc1ccccc1Br. The fourth-order valence-corrected chi connectivity index (χ4v) is 3.72. The Labute approximate surface area is 136 Å². The first-order valence-electron chi connectivity index (χ1n) is 6.47. The molecule has 1 heterocycles. The van der Waals surface area contributed by atoms with Crippen molar-refractivity contribution in [1.29, 1.82) is 0 Å². The highest BCUT2D eigenvalue weighted by atomic mass is 79.9. The number of ether oxygens (including phenoxy) is 1. The number of halogens is 1. The summed E-state index contributed by atoms with van der Waals surface area (Å²) in [4.78, 5) is 23.3. The quantitative estimate of drug-likeness (QED) is 0.778. The van der Waals surface area contributed by atoms with Crippen LogP contribution in [0.3, 0.4) is 0 Å². The van der Waals surface area contributed by atoms with Gasteiger partial charge in [-0.15, -0.1) is 0 Å². The predicted molar refractivity (Wildman–Crippen MR) is 84.8 cm³/mol. The zero-order valence-electron chi connectivity index (χ0n) is 11.5. The topological polar surface area (TPSA) is 89.5 Å². The molecule has 1 aliphatic rings. The number of para-hydroxylation sites is 1. The van der Waals surface area contributed by atoms with Gasteiger partial charge in [-0.3, -0.25) is 9.59 Å². The number of hydrogen-bond acceptors (Lipinski definition) is 5. The molecule has 1 amide bonds. The van der Waals surface area contributed by atoms with Gasteiger partial charge in [0, 0.05) is 15.8 Å². The number of amides is 1. The minimum Gasteiger partial charge on any atom is -0.456 e. The van der Waals surface area contributed by atoms with E-state index in [1.807, 2.05) is 6.07 Å². The van der Waals surface area contributed by atoms with Crippen molar-refractivity contribution in [3.8, 4) is 0 Å². The molecular weight excluding hydrogens is 374 g/mol. The van der Waals surface area contributed by atoms with Gasteiger partial charge in [0.2, 0.25) is 0 Å². The van der Waals surface area contributed by atoms with E-state index in [-0.39, 0.29) is 18.1 Å².